The number of rotatable bonds is 16. The number of nitrogens with two attached hydrogens (primary N) is 2. The van der Waals surface area contributed by atoms with E-state index in [1.54, 1.807) is 13.8 Å². The average molecular weight is 512 g/mol. The first-order chi connectivity index (χ1) is 16.8. The lowest BCUT2D eigenvalue weighted by atomic mass is 10.0. The van der Waals surface area contributed by atoms with Crippen molar-refractivity contribution in [1.82, 2.24) is 25.9 Å². The van der Waals surface area contributed by atoms with Gasteiger partial charge in [0.1, 0.15) is 18.1 Å². The number of carbonyl (C=O) groups excluding carboxylic acids is 4. The Kier molecular flexibility index (Phi) is 12.0. The summed E-state index contributed by atoms with van der Waals surface area (Å²) in [4.78, 5) is 78.5. The lowest BCUT2D eigenvalue weighted by molar-refractivity contribution is -0.142. The molecule has 1 aromatic heterocycles. The zero-order chi connectivity index (χ0) is 27.4. The summed E-state index contributed by atoms with van der Waals surface area (Å²) in [7, 11) is 0. The molecule has 0 aromatic carbocycles. The van der Waals surface area contributed by atoms with Gasteiger partial charge in [-0.05, 0) is 18.8 Å². The van der Waals surface area contributed by atoms with Gasteiger partial charge in [-0.1, -0.05) is 13.8 Å². The molecule has 0 fully saturated rings. The number of nitrogens with one attached hydrogen (secondary N) is 4. The summed E-state index contributed by atoms with van der Waals surface area (Å²) >= 11 is 0. The van der Waals surface area contributed by atoms with Gasteiger partial charge in [0.05, 0.1) is 18.8 Å². The predicted octanol–water partition coefficient (Wildman–Crippen LogP) is -2.40. The van der Waals surface area contributed by atoms with Gasteiger partial charge in [-0.2, -0.15) is 0 Å². The van der Waals surface area contributed by atoms with E-state index >= 15 is 0 Å². The van der Waals surface area contributed by atoms with Crippen molar-refractivity contribution in [2.24, 2.45) is 17.4 Å². The molecule has 4 unspecified atom stereocenters. The van der Waals surface area contributed by atoms with Crippen molar-refractivity contribution in [3.63, 3.8) is 0 Å². The Morgan fingerprint density at radius 2 is 1.56 bits per heavy atom. The Morgan fingerprint density at radius 1 is 0.972 bits per heavy atom. The van der Waals surface area contributed by atoms with Crippen LogP contribution < -0.4 is 27.4 Å². The number of carboxylic acids is 2. The van der Waals surface area contributed by atoms with Crippen LogP contribution >= 0.6 is 0 Å². The van der Waals surface area contributed by atoms with Gasteiger partial charge in [0, 0.05) is 24.7 Å². The molecule has 0 saturated heterocycles. The molecule has 1 rings (SSSR count). The largest absolute Gasteiger partial charge is 0.481 e. The van der Waals surface area contributed by atoms with Crippen molar-refractivity contribution >= 4 is 35.6 Å². The molecule has 0 aliphatic rings. The van der Waals surface area contributed by atoms with Crippen molar-refractivity contribution in [2.45, 2.75) is 70.1 Å². The number of carboxylic acid groups (broad SMARTS) is 2. The van der Waals surface area contributed by atoms with Crippen LogP contribution in [0, 0.1) is 5.92 Å². The van der Waals surface area contributed by atoms with E-state index in [-0.39, 0.29) is 31.6 Å². The molecule has 200 valence electrons. The molecule has 15 nitrogen and oxygen atoms in total. The van der Waals surface area contributed by atoms with E-state index in [0.717, 1.165) is 0 Å². The summed E-state index contributed by atoms with van der Waals surface area (Å²) in [5.74, 6) is -6.09. The van der Waals surface area contributed by atoms with E-state index in [9.17, 15) is 33.9 Å². The van der Waals surface area contributed by atoms with Crippen molar-refractivity contribution in [3.05, 3.63) is 18.2 Å². The van der Waals surface area contributed by atoms with Crippen molar-refractivity contribution in [1.29, 1.82) is 0 Å². The second kappa shape index (κ2) is 14.4. The summed E-state index contributed by atoms with van der Waals surface area (Å²) in [5, 5.41) is 25.2. The smallest absolute Gasteiger partial charge is 0.326 e. The highest BCUT2D eigenvalue weighted by Gasteiger charge is 2.31. The molecule has 0 aliphatic heterocycles. The van der Waals surface area contributed by atoms with Crippen LogP contribution in [-0.2, 0) is 35.2 Å². The van der Waals surface area contributed by atoms with Gasteiger partial charge in [-0.3, -0.25) is 24.0 Å². The molecule has 1 aromatic rings. The van der Waals surface area contributed by atoms with E-state index in [4.69, 9.17) is 16.6 Å². The third kappa shape index (κ3) is 10.9. The third-order valence-electron chi connectivity index (χ3n) is 4.98. The molecule has 0 bridgehead atoms. The van der Waals surface area contributed by atoms with Crippen LogP contribution in [0.25, 0.3) is 0 Å². The fourth-order valence-corrected chi connectivity index (χ4v) is 3.16. The monoisotopic (exact) mass is 511 g/mol. The number of hydrogen-bond donors (Lipinski definition) is 8. The van der Waals surface area contributed by atoms with Crippen LogP contribution in [0.4, 0.5) is 0 Å². The van der Waals surface area contributed by atoms with Crippen LogP contribution in [0.3, 0.4) is 0 Å². The zero-order valence-electron chi connectivity index (χ0n) is 20.0. The van der Waals surface area contributed by atoms with Crippen LogP contribution in [0.5, 0.6) is 0 Å². The lowest BCUT2D eigenvalue weighted by Gasteiger charge is -2.25. The Bertz CT molecular complexity index is 935. The number of aromatic nitrogens is 2. The minimum Gasteiger partial charge on any atom is -0.481 e. The van der Waals surface area contributed by atoms with Gasteiger partial charge in [0.25, 0.3) is 0 Å². The van der Waals surface area contributed by atoms with Gasteiger partial charge in [0.2, 0.25) is 23.6 Å². The second-order valence-electron chi connectivity index (χ2n) is 8.64. The number of nitrogens with zero attached hydrogens (tertiary/aromatic N) is 1. The first kappa shape index (κ1) is 30.0. The molecule has 0 saturated carbocycles. The molecule has 0 radical (unpaired) electrons. The maximum absolute atomic E-state index is 13.0. The summed E-state index contributed by atoms with van der Waals surface area (Å²) < 4.78 is 0. The van der Waals surface area contributed by atoms with E-state index in [0.29, 0.717) is 5.69 Å². The minimum atomic E-state index is -1.52. The van der Waals surface area contributed by atoms with Gasteiger partial charge in [-0.25, -0.2) is 9.78 Å². The minimum absolute atomic E-state index is 0.0921. The fourth-order valence-electron chi connectivity index (χ4n) is 3.16. The third-order valence-corrected chi connectivity index (χ3v) is 4.98. The number of hydrogen-bond acceptors (Lipinski definition) is 8. The summed E-state index contributed by atoms with van der Waals surface area (Å²) in [6.45, 7) is 3.55. The standard InChI is InChI=1S/C21H33N7O8/c1-10(2)5-13(26-18(32)12(22)3-4-17(30)31)19(33)27-14(7-16(23)29)20(34)28-15(21(35)36)6-11-8-24-9-25-11/h8-10,12-15H,3-7,22H2,1-2H3,(H2,23,29)(H,24,25)(H,26,32)(H,27,33)(H,28,34)(H,30,31)(H,35,36). The molecular weight excluding hydrogens is 478 g/mol. The van der Waals surface area contributed by atoms with Crippen LogP contribution in [-0.4, -0.2) is 79.9 Å². The number of H-pyrrole nitrogens is 1. The zero-order valence-corrected chi connectivity index (χ0v) is 20.0. The molecule has 4 atom stereocenters. The van der Waals surface area contributed by atoms with E-state index in [1.807, 2.05) is 0 Å². The molecule has 0 spiro atoms. The number of amides is 4. The molecule has 10 N–H and O–H groups in total. The number of aromatic amines is 1. The predicted molar refractivity (Wildman–Crippen MR) is 124 cm³/mol. The second-order valence-corrected chi connectivity index (χ2v) is 8.64. The molecule has 0 aliphatic carbocycles. The van der Waals surface area contributed by atoms with Crippen molar-refractivity contribution in [2.75, 3.05) is 0 Å². The number of primary amides is 1. The first-order valence-corrected chi connectivity index (χ1v) is 11.2. The fraction of sp³-hybridized carbons (Fsp3) is 0.571. The Hall–Kier alpha value is -4.01. The number of imidazole rings is 1. The molecule has 4 amide bonds. The van der Waals surface area contributed by atoms with Gasteiger partial charge in [0.15, 0.2) is 0 Å². The van der Waals surface area contributed by atoms with E-state index in [2.05, 4.69) is 25.9 Å². The van der Waals surface area contributed by atoms with Crippen LogP contribution in [0.1, 0.15) is 45.2 Å². The van der Waals surface area contributed by atoms with Crippen LogP contribution in [0.2, 0.25) is 0 Å². The van der Waals surface area contributed by atoms with E-state index < -0.39 is 66.2 Å². The Labute approximate surface area is 206 Å². The quantitative estimate of drug-likeness (QED) is 0.117. The average Bonchev–Trinajstić information content (AvgIpc) is 3.28. The topological polar surface area (TPSA) is 260 Å². The van der Waals surface area contributed by atoms with Gasteiger partial charge < -0.3 is 42.6 Å². The van der Waals surface area contributed by atoms with Gasteiger partial charge in [-0.15, -0.1) is 0 Å². The SMILES string of the molecule is CC(C)CC(NC(=O)C(N)CCC(=O)O)C(=O)NC(CC(N)=O)C(=O)NC(Cc1cnc[nH]1)C(=O)O. The summed E-state index contributed by atoms with van der Waals surface area (Å²) in [6.07, 6.45) is 1.57. The normalized spacial score (nSPS) is 14.2. The summed E-state index contributed by atoms with van der Waals surface area (Å²) in [5.41, 5.74) is 11.3. The maximum atomic E-state index is 13.0. The highest BCUT2D eigenvalue weighted by Crippen LogP contribution is 2.08. The van der Waals surface area contributed by atoms with E-state index in [1.165, 1.54) is 12.5 Å². The first-order valence-electron chi connectivity index (χ1n) is 11.2. The highest BCUT2D eigenvalue weighted by molar-refractivity contribution is 5.96. The summed E-state index contributed by atoms with van der Waals surface area (Å²) in [6, 6.07) is -5.28. The lowest BCUT2D eigenvalue weighted by Crippen LogP contribution is -2.58. The Morgan fingerprint density at radius 3 is 2.06 bits per heavy atom. The van der Waals surface area contributed by atoms with Crippen LogP contribution in [0.15, 0.2) is 12.5 Å². The van der Waals surface area contributed by atoms with Gasteiger partial charge >= 0.3 is 11.9 Å². The number of carbonyl (C=O) groups is 6. The molecule has 1 heterocycles. The molecule has 36 heavy (non-hydrogen) atoms. The highest BCUT2D eigenvalue weighted by atomic mass is 16.4. The van der Waals surface area contributed by atoms with Crippen molar-refractivity contribution in [3.8, 4) is 0 Å². The number of aliphatic carboxylic acids is 2. The maximum Gasteiger partial charge on any atom is 0.326 e. The van der Waals surface area contributed by atoms with Crippen molar-refractivity contribution < 1.29 is 39.0 Å². The Balaban J connectivity index is 2.97. The molecular formula is C21H33N7O8. The molecule has 15 heteroatoms.